The van der Waals surface area contributed by atoms with E-state index in [1.807, 2.05) is 23.6 Å². The van der Waals surface area contributed by atoms with E-state index in [1.54, 1.807) is 12.7 Å². The van der Waals surface area contributed by atoms with Gasteiger partial charge in [0, 0.05) is 54.6 Å². The summed E-state index contributed by atoms with van der Waals surface area (Å²) < 4.78 is 7.01. The summed E-state index contributed by atoms with van der Waals surface area (Å²) in [6, 6.07) is 18.0. The van der Waals surface area contributed by atoms with Crippen LogP contribution in [0.3, 0.4) is 0 Å². The van der Waals surface area contributed by atoms with Gasteiger partial charge in [-0.2, -0.15) is 0 Å². The molecule has 0 radical (unpaired) electrons. The minimum Gasteiger partial charge on any atom is -0.497 e. The Morgan fingerprint density at radius 1 is 0.939 bits per heavy atom. The van der Waals surface area contributed by atoms with Gasteiger partial charge in [0.2, 0.25) is 0 Å². The third-order valence-corrected chi connectivity index (χ3v) is 8.69. The van der Waals surface area contributed by atoms with Gasteiger partial charge in [-0.1, -0.05) is 24.3 Å². The predicted molar refractivity (Wildman–Crippen MR) is 139 cm³/mol. The molecule has 0 bridgehead atoms. The Kier molecular flexibility index (Phi) is 5.68. The SMILES string of the molecule is COc1cc(N2CCN([C@H]3CC[C@@H](c4csc5ccccc54)CC3)CC2)c2ncccc2c1. The first-order chi connectivity index (χ1) is 16.3. The lowest BCUT2D eigenvalue weighted by Gasteiger charge is -2.42. The number of aromatic nitrogens is 1. The van der Waals surface area contributed by atoms with Crippen LogP contribution in [0.5, 0.6) is 5.75 Å². The first-order valence-electron chi connectivity index (χ1n) is 12.2. The summed E-state index contributed by atoms with van der Waals surface area (Å²) in [5.74, 6) is 1.64. The molecule has 0 N–H and O–H groups in total. The van der Waals surface area contributed by atoms with E-state index >= 15 is 0 Å². The number of ether oxygens (including phenoxy) is 1. The molecular formula is C28H31N3OS. The minimum atomic E-state index is 0.730. The summed E-state index contributed by atoms with van der Waals surface area (Å²) >= 11 is 1.91. The minimum absolute atomic E-state index is 0.730. The average Bonchev–Trinajstić information content (AvgIpc) is 3.32. The van der Waals surface area contributed by atoms with Crippen LogP contribution in [0.4, 0.5) is 5.69 Å². The van der Waals surface area contributed by atoms with Crippen LogP contribution in [0.15, 0.2) is 60.1 Å². The first-order valence-corrected chi connectivity index (χ1v) is 13.1. The smallest absolute Gasteiger partial charge is 0.121 e. The summed E-state index contributed by atoms with van der Waals surface area (Å²) in [4.78, 5) is 9.93. The highest BCUT2D eigenvalue weighted by Gasteiger charge is 2.30. The molecule has 6 rings (SSSR count). The number of hydrogen-bond donors (Lipinski definition) is 0. The van der Waals surface area contributed by atoms with Gasteiger partial charge in [-0.15, -0.1) is 11.3 Å². The highest BCUT2D eigenvalue weighted by atomic mass is 32.1. The number of piperazine rings is 1. The zero-order valence-corrected chi connectivity index (χ0v) is 20.1. The lowest BCUT2D eigenvalue weighted by atomic mass is 9.81. The van der Waals surface area contributed by atoms with E-state index in [9.17, 15) is 0 Å². The Bertz CT molecular complexity index is 1250. The fourth-order valence-corrected chi connectivity index (χ4v) is 6.94. The normalized spacial score (nSPS) is 22.2. The Hall–Kier alpha value is -2.63. The van der Waals surface area contributed by atoms with Gasteiger partial charge in [0.05, 0.1) is 18.3 Å². The Labute approximate surface area is 199 Å². The van der Waals surface area contributed by atoms with Crippen LogP contribution < -0.4 is 9.64 Å². The molecule has 4 nitrogen and oxygen atoms in total. The number of methoxy groups -OCH3 is 1. The summed E-state index contributed by atoms with van der Waals surface area (Å²) in [5.41, 5.74) is 3.88. The molecular weight excluding hydrogens is 426 g/mol. The van der Waals surface area contributed by atoms with Gasteiger partial charge in [-0.3, -0.25) is 9.88 Å². The fraction of sp³-hybridized carbons (Fsp3) is 0.393. The van der Waals surface area contributed by atoms with Crippen molar-refractivity contribution in [2.24, 2.45) is 0 Å². The van der Waals surface area contributed by atoms with Crippen LogP contribution in [0.1, 0.15) is 37.2 Å². The van der Waals surface area contributed by atoms with Crippen molar-refractivity contribution in [3.05, 3.63) is 65.7 Å². The molecule has 2 aliphatic rings. The maximum absolute atomic E-state index is 5.57. The van der Waals surface area contributed by atoms with Crippen molar-refractivity contribution in [2.75, 3.05) is 38.2 Å². The van der Waals surface area contributed by atoms with Crippen molar-refractivity contribution in [3.8, 4) is 5.75 Å². The molecule has 1 saturated heterocycles. The summed E-state index contributed by atoms with van der Waals surface area (Å²) in [5, 5.41) is 5.05. The molecule has 1 aliphatic carbocycles. The molecule has 3 heterocycles. The molecule has 1 saturated carbocycles. The van der Waals surface area contributed by atoms with E-state index in [0.29, 0.717) is 0 Å². The van der Waals surface area contributed by atoms with Crippen LogP contribution in [-0.2, 0) is 0 Å². The third-order valence-electron chi connectivity index (χ3n) is 7.71. The van der Waals surface area contributed by atoms with Crippen LogP contribution in [0.2, 0.25) is 0 Å². The molecule has 2 aromatic heterocycles. The number of benzene rings is 2. The van der Waals surface area contributed by atoms with Gasteiger partial charge in [0.15, 0.2) is 0 Å². The summed E-state index contributed by atoms with van der Waals surface area (Å²) in [7, 11) is 1.74. The predicted octanol–water partition coefficient (Wildman–Crippen LogP) is 6.31. The maximum atomic E-state index is 5.57. The van der Waals surface area contributed by atoms with E-state index < -0.39 is 0 Å². The first kappa shape index (κ1) is 20.9. The molecule has 4 aromatic rings. The highest BCUT2D eigenvalue weighted by Crippen LogP contribution is 2.40. The molecule has 1 aliphatic heterocycles. The molecule has 33 heavy (non-hydrogen) atoms. The Morgan fingerprint density at radius 2 is 1.76 bits per heavy atom. The largest absolute Gasteiger partial charge is 0.497 e. The molecule has 0 atom stereocenters. The number of rotatable bonds is 4. The number of anilines is 1. The Balaban J connectivity index is 1.11. The Morgan fingerprint density at radius 3 is 2.58 bits per heavy atom. The molecule has 5 heteroatoms. The second kappa shape index (κ2) is 8.96. The molecule has 0 amide bonds. The average molecular weight is 458 g/mol. The maximum Gasteiger partial charge on any atom is 0.121 e. The zero-order valence-electron chi connectivity index (χ0n) is 19.2. The number of pyridine rings is 1. The lowest BCUT2D eigenvalue weighted by molar-refractivity contribution is 0.141. The van der Waals surface area contributed by atoms with Crippen molar-refractivity contribution in [2.45, 2.75) is 37.6 Å². The van der Waals surface area contributed by atoms with E-state index in [1.165, 1.54) is 41.5 Å². The topological polar surface area (TPSA) is 28.6 Å². The van der Waals surface area contributed by atoms with Crippen molar-refractivity contribution >= 4 is 38.0 Å². The van der Waals surface area contributed by atoms with Gasteiger partial charge in [-0.25, -0.2) is 0 Å². The van der Waals surface area contributed by atoms with Gasteiger partial charge < -0.3 is 9.64 Å². The fourth-order valence-electron chi connectivity index (χ4n) is 5.90. The second-order valence-electron chi connectivity index (χ2n) is 9.44. The van der Waals surface area contributed by atoms with Gasteiger partial charge in [0.1, 0.15) is 5.75 Å². The second-order valence-corrected chi connectivity index (χ2v) is 10.3. The van der Waals surface area contributed by atoms with E-state index in [-0.39, 0.29) is 0 Å². The molecule has 170 valence electrons. The lowest BCUT2D eigenvalue weighted by Crippen LogP contribution is -2.51. The van der Waals surface area contributed by atoms with E-state index in [0.717, 1.165) is 54.8 Å². The number of hydrogen-bond acceptors (Lipinski definition) is 5. The summed E-state index contributed by atoms with van der Waals surface area (Å²) in [6.07, 6.45) is 7.16. The highest BCUT2D eigenvalue weighted by molar-refractivity contribution is 7.17. The van der Waals surface area contributed by atoms with E-state index in [2.05, 4.69) is 62.6 Å². The number of fused-ring (bicyclic) bond motifs is 2. The van der Waals surface area contributed by atoms with Crippen molar-refractivity contribution in [1.82, 2.24) is 9.88 Å². The van der Waals surface area contributed by atoms with Crippen LogP contribution in [0.25, 0.3) is 21.0 Å². The number of thiophene rings is 1. The zero-order chi connectivity index (χ0) is 22.2. The van der Waals surface area contributed by atoms with Crippen LogP contribution in [0, 0.1) is 0 Å². The van der Waals surface area contributed by atoms with Gasteiger partial charge in [-0.05, 0) is 66.1 Å². The monoisotopic (exact) mass is 457 g/mol. The molecule has 0 unspecified atom stereocenters. The quantitative estimate of drug-likeness (QED) is 0.359. The molecule has 2 fully saturated rings. The molecule has 0 spiro atoms. The summed E-state index contributed by atoms with van der Waals surface area (Å²) in [6.45, 7) is 4.35. The van der Waals surface area contributed by atoms with Crippen LogP contribution >= 0.6 is 11.3 Å². The van der Waals surface area contributed by atoms with Crippen molar-refractivity contribution < 1.29 is 4.74 Å². The third kappa shape index (κ3) is 3.98. The van der Waals surface area contributed by atoms with Crippen molar-refractivity contribution in [1.29, 1.82) is 0 Å². The van der Waals surface area contributed by atoms with Gasteiger partial charge in [0.25, 0.3) is 0 Å². The number of nitrogens with zero attached hydrogens (tertiary/aromatic N) is 3. The van der Waals surface area contributed by atoms with Crippen molar-refractivity contribution in [3.63, 3.8) is 0 Å². The molecule has 2 aromatic carbocycles. The van der Waals surface area contributed by atoms with Gasteiger partial charge >= 0.3 is 0 Å². The van der Waals surface area contributed by atoms with E-state index in [4.69, 9.17) is 4.74 Å². The van der Waals surface area contributed by atoms with Crippen LogP contribution in [-0.4, -0.2) is 49.2 Å². The standard InChI is InChI=1S/C28H31N3OS/c1-32-23-17-21-5-4-12-29-28(21)26(18-23)31-15-13-30(14-16-31)22-10-8-20(9-11-22)25-19-33-27-7-3-2-6-24(25)27/h2-7,12,17-20,22H,8-11,13-16H2,1H3/t20-,22+.